The predicted molar refractivity (Wildman–Crippen MR) is 114 cm³/mol. The van der Waals surface area contributed by atoms with Crippen LogP contribution in [0.25, 0.3) is 0 Å². The molecular formula is C22H32N2O3S. The van der Waals surface area contributed by atoms with E-state index >= 15 is 0 Å². The van der Waals surface area contributed by atoms with Crippen LogP contribution in [-0.4, -0.2) is 56.4 Å². The molecule has 0 unspecified atom stereocenters. The number of carbonyl (C=O) groups excluding carboxylic acids is 1. The molecule has 6 heteroatoms. The summed E-state index contributed by atoms with van der Waals surface area (Å²) in [5.41, 5.74) is 3.42. The van der Waals surface area contributed by atoms with E-state index < -0.39 is 9.84 Å². The third kappa shape index (κ3) is 4.96. The minimum absolute atomic E-state index is 0.142. The van der Waals surface area contributed by atoms with Crippen LogP contribution in [0.4, 0.5) is 5.69 Å². The average Bonchev–Trinajstić information content (AvgIpc) is 3.18. The Labute approximate surface area is 169 Å². The molecule has 2 heterocycles. The maximum atomic E-state index is 12.7. The van der Waals surface area contributed by atoms with Gasteiger partial charge in [-0.25, -0.2) is 8.42 Å². The fraction of sp³-hybridized carbons (Fsp3) is 0.591. The number of benzene rings is 1. The van der Waals surface area contributed by atoms with Gasteiger partial charge in [0, 0.05) is 31.9 Å². The van der Waals surface area contributed by atoms with Crippen LogP contribution in [0.1, 0.15) is 37.8 Å². The predicted octanol–water partition coefficient (Wildman–Crippen LogP) is 2.98. The molecule has 1 aromatic carbocycles. The first kappa shape index (κ1) is 20.9. The Kier molecular flexibility index (Phi) is 6.48. The van der Waals surface area contributed by atoms with Gasteiger partial charge in [-0.1, -0.05) is 18.2 Å². The van der Waals surface area contributed by atoms with Crippen molar-refractivity contribution in [1.82, 2.24) is 4.90 Å². The number of piperidine rings is 1. The summed E-state index contributed by atoms with van der Waals surface area (Å²) in [5, 5.41) is -0.325. The van der Waals surface area contributed by atoms with E-state index in [4.69, 9.17) is 0 Å². The highest BCUT2D eigenvalue weighted by atomic mass is 32.2. The molecule has 0 spiro atoms. The zero-order valence-corrected chi connectivity index (χ0v) is 18.0. The monoisotopic (exact) mass is 404 g/mol. The first-order valence-electron chi connectivity index (χ1n) is 10.2. The normalized spacial score (nSPS) is 18.3. The topological polar surface area (TPSA) is 57.7 Å². The van der Waals surface area contributed by atoms with Crippen molar-refractivity contribution >= 4 is 21.4 Å². The highest BCUT2D eigenvalue weighted by Crippen LogP contribution is 2.24. The molecule has 5 nitrogen and oxygen atoms in total. The number of likely N-dealkylation sites (tertiary alicyclic amines) is 1. The van der Waals surface area contributed by atoms with Crippen molar-refractivity contribution in [3.05, 3.63) is 41.5 Å². The van der Waals surface area contributed by atoms with Crippen LogP contribution >= 0.6 is 0 Å². The van der Waals surface area contributed by atoms with Gasteiger partial charge in [0.05, 0.1) is 17.4 Å². The van der Waals surface area contributed by atoms with Gasteiger partial charge in [-0.3, -0.25) is 4.79 Å². The van der Waals surface area contributed by atoms with E-state index in [0.29, 0.717) is 19.5 Å². The Morgan fingerprint density at radius 3 is 2.36 bits per heavy atom. The summed E-state index contributed by atoms with van der Waals surface area (Å²) >= 11 is 0. The fourth-order valence-corrected chi connectivity index (χ4v) is 5.28. The van der Waals surface area contributed by atoms with Crippen molar-refractivity contribution in [1.29, 1.82) is 0 Å². The molecule has 0 aliphatic carbocycles. The van der Waals surface area contributed by atoms with Gasteiger partial charge in [-0.05, 0) is 62.8 Å². The summed E-state index contributed by atoms with van der Waals surface area (Å²) in [7, 11) is -3.01. The number of hydrogen-bond donors (Lipinski definition) is 0. The van der Waals surface area contributed by atoms with Gasteiger partial charge in [0.25, 0.3) is 0 Å². The zero-order valence-electron chi connectivity index (χ0n) is 17.2. The molecule has 28 heavy (non-hydrogen) atoms. The standard InChI is InChI=1S/C22H32N2O3S/c1-17(2)28(26,27)16-19-8-12-24(13-9-19)22(25)15-20-6-7-21(14-18(20)3)23-10-4-5-11-23/h4-7,14,17,19H,8-13,15-16H2,1-3H3. The van der Waals surface area contributed by atoms with Crippen LogP contribution in [0.2, 0.25) is 0 Å². The van der Waals surface area contributed by atoms with Gasteiger partial charge < -0.3 is 9.80 Å². The molecular weight excluding hydrogens is 372 g/mol. The molecule has 1 fully saturated rings. The third-order valence-corrected chi connectivity index (χ3v) is 8.38. The Balaban J connectivity index is 1.53. The molecule has 0 radical (unpaired) electrons. The smallest absolute Gasteiger partial charge is 0.226 e. The number of amides is 1. The summed E-state index contributed by atoms with van der Waals surface area (Å²) in [6.07, 6.45) is 6.31. The summed E-state index contributed by atoms with van der Waals surface area (Å²) < 4.78 is 24.3. The van der Waals surface area contributed by atoms with Gasteiger partial charge in [-0.15, -0.1) is 0 Å². The highest BCUT2D eigenvalue weighted by molar-refractivity contribution is 7.91. The number of anilines is 1. The minimum atomic E-state index is -3.01. The van der Waals surface area contributed by atoms with E-state index in [1.165, 1.54) is 5.69 Å². The Morgan fingerprint density at radius 2 is 1.79 bits per heavy atom. The molecule has 0 aromatic heterocycles. The van der Waals surface area contributed by atoms with E-state index in [9.17, 15) is 13.2 Å². The molecule has 2 aliphatic rings. The zero-order chi connectivity index (χ0) is 20.3. The quantitative estimate of drug-likeness (QED) is 0.684. The van der Waals surface area contributed by atoms with Crippen molar-refractivity contribution in [3.63, 3.8) is 0 Å². The van der Waals surface area contributed by atoms with Crippen LogP contribution in [0.3, 0.4) is 0 Å². The molecule has 1 saturated heterocycles. The SMILES string of the molecule is Cc1cc(N2CC=CC2)ccc1CC(=O)N1CCC(CS(=O)(=O)C(C)C)CC1. The van der Waals surface area contributed by atoms with Crippen molar-refractivity contribution in [3.8, 4) is 0 Å². The molecule has 2 aliphatic heterocycles. The molecule has 0 bridgehead atoms. The number of hydrogen-bond acceptors (Lipinski definition) is 4. The van der Waals surface area contributed by atoms with Gasteiger partial charge in [0.2, 0.25) is 5.91 Å². The lowest BCUT2D eigenvalue weighted by Crippen LogP contribution is -2.41. The lowest BCUT2D eigenvalue weighted by Gasteiger charge is -2.32. The van der Waals surface area contributed by atoms with Crippen molar-refractivity contribution in [2.75, 3.05) is 36.8 Å². The summed E-state index contributed by atoms with van der Waals surface area (Å²) in [6, 6.07) is 6.34. The van der Waals surface area contributed by atoms with Crippen LogP contribution in [0.5, 0.6) is 0 Å². The molecule has 0 atom stereocenters. The van der Waals surface area contributed by atoms with Crippen molar-refractivity contribution in [2.24, 2.45) is 5.92 Å². The van der Waals surface area contributed by atoms with Gasteiger partial charge in [0.1, 0.15) is 0 Å². The maximum Gasteiger partial charge on any atom is 0.226 e. The Morgan fingerprint density at radius 1 is 1.14 bits per heavy atom. The van der Waals surface area contributed by atoms with E-state index in [1.807, 2.05) is 4.90 Å². The lowest BCUT2D eigenvalue weighted by molar-refractivity contribution is -0.131. The van der Waals surface area contributed by atoms with Crippen LogP contribution in [-0.2, 0) is 21.1 Å². The third-order valence-electron chi connectivity index (χ3n) is 6.00. The largest absolute Gasteiger partial charge is 0.364 e. The second-order valence-corrected chi connectivity index (χ2v) is 11.0. The number of rotatable bonds is 6. The molecule has 154 valence electrons. The first-order valence-corrected chi connectivity index (χ1v) is 12.0. The Hall–Kier alpha value is -1.82. The Bertz CT molecular complexity index is 829. The number of nitrogens with zero attached hydrogens (tertiary/aromatic N) is 2. The van der Waals surface area contributed by atoms with Gasteiger partial charge >= 0.3 is 0 Å². The first-order chi connectivity index (χ1) is 13.3. The molecule has 0 N–H and O–H groups in total. The lowest BCUT2D eigenvalue weighted by atomic mass is 9.97. The van der Waals surface area contributed by atoms with Crippen LogP contribution in [0, 0.1) is 12.8 Å². The molecule has 0 saturated carbocycles. The second kappa shape index (κ2) is 8.68. The number of carbonyl (C=O) groups is 1. The highest BCUT2D eigenvalue weighted by Gasteiger charge is 2.28. The number of aryl methyl sites for hydroxylation is 1. The van der Waals surface area contributed by atoms with Crippen LogP contribution in [0.15, 0.2) is 30.4 Å². The van der Waals surface area contributed by atoms with Crippen molar-refractivity contribution in [2.45, 2.75) is 45.3 Å². The fourth-order valence-electron chi connectivity index (χ4n) is 3.91. The average molecular weight is 405 g/mol. The molecule has 1 aromatic rings. The minimum Gasteiger partial charge on any atom is -0.364 e. The summed E-state index contributed by atoms with van der Waals surface area (Å²) in [5.74, 6) is 0.564. The van der Waals surface area contributed by atoms with Crippen LogP contribution < -0.4 is 4.90 Å². The van der Waals surface area contributed by atoms with E-state index in [-0.39, 0.29) is 22.8 Å². The number of sulfone groups is 1. The van der Waals surface area contributed by atoms with E-state index in [0.717, 1.165) is 37.1 Å². The van der Waals surface area contributed by atoms with Gasteiger partial charge in [0.15, 0.2) is 9.84 Å². The summed E-state index contributed by atoms with van der Waals surface area (Å²) in [4.78, 5) is 16.9. The maximum absolute atomic E-state index is 12.7. The molecule has 1 amide bonds. The second-order valence-electron chi connectivity index (χ2n) is 8.37. The van der Waals surface area contributed by atoms with E-state index in [1.54, 1.807) is 13.8 Å². The van der Waals surface area contributed by atoms with Gasteiger partial charge in [-0.2, -0.15) is 0 Å². The molecule has 3 rings (SSSR count). The summed E-state index contributed by atoms with van der Waals surface area (Å²) in [6.45, 7) is 8.75. The van der Waals surface area contributed by atoms with Crippen molar-refractivity contribution < 1.29 is 13.2 Å². The van der Waals surface area contributed by atoms with E-state index in [2.05, 4.69) is 42.2 Å².